The molecule has 0 unspecified atom stereocenters. The lowest BCUT2D eigenvalue weighted by Crippen LogP contribution is -2.63. The van der Waals surface area contributed by atoms with E-state index in [4.69, 9.17) is 10.5 Å². The van der Waals surface area contributed by atoms with Crippen LogP contribution in [0.2, 0.25) is 0 Å². The van der Waals surface area contributed by atoms with Crippen LogP contribution < -0.4 is 10.5 Å². The van der Waals surface area contributed by atoms with E-state index in [1.54, 1.807) is 14.1 Å². The number of aromatic hydroxyl groups is 1. The highest BCUT2D eigenvalue weighted by molar-refractivity contribution is 6.24. The number of nitrogens with two attached hydrogens (primary N) is 1. The van der Waals surface area contributed by atoms with Gasteiger partial charge in [0, 0.05) is 35.7 Å². The third-order valence-electron chi connectivity index (χ3n) is 9.01. The molecule has 4 aliphatic carbocycles. The lowest BCUT2D eigenvalue weighted by atomic mass is 9.58. The molecule has 11 heteroatoms. The highest BCUT2D eigenvalue weighted by Crippen LogP contribution is 2.53. The number of ketones is 2. The lowest BCUT2D eigenvalue weighted by Gasteiger charge is -2.50. The van der Waals surface area contributed by atoms with Crippen LogP contribution in [0.3, 0.4) is 0 Å². The number of allylic oxidation sites excluding steroid dienone is 1. The van der Waals surface area contributed by atoms with Gasteiger partial charge in [0.25, 0.3) is 5.91 Å². The number of primary amides is 1. The van der Waals surface area contributed by atoms with Gasteiger partial charge in [0.1, 0.15) is 28.6 Å². The van der Waals surface area contributed by atoms with E-state index in [9.17, 15) is 34.8 Å². The maximum Gasteiger partial charge on any atom is 0.255 e. The highest BCUT2D eigenvalue weighted by Gasteiger charge is 2.63. The van der Waals surface area contributed by atoms with Crippen molar-refractivity contribution in [2.75, 3.05) is 34.3 Å². The zero-order chi connectivity index (χ0) is 29.3. The molecule has 216 valence electrons. The quantitative estimate of drug-likeness (QED) is 0.295. The van der Waals surface area contributed by atoms with Crippen LogP contribution >= 0.6 is 0 Å². The first kappa shape index (κ1) is 28.1. The summed E-state index contributed by atoms with van der Waals surface area (Å²) < 4.78 is 5.80. The molecule has 0 heterocycles. The second kappa shape index (κ2) is 9.90. The third kappa shape index (κ3) is 4.10. The van der Waals surface area contributed by atoms with E-state index < -0.39 is 58.0 Å². The number of phenols is 1. The van der Waals surface area contributed by atoms with Crippen molar-refractivity contribution >= 4 is 17.5 Å². The molecule has 6 N–H and O–H groups in total. The van der Waals surface area contributed by atoms with Gasteiger partial charge < -0.3 is 30.9 Å². The van der Waals surface area contributed by atoms with Gasteiger partial charge in [-0.15, -0.1) is 0 Å². The van der Waals surface area contributed by atoms with Gasteiger partial charge in [-0.05, 0) is 64.2 Å². The number of benzene rings is 1. The number of hydrogen-bond donors (Lipinski definition) is 5. The van der Waals surface area contributed by atoms with Crippen molar-refractivity contribution in [2.24, 2.45) is 23.5 Å². The summed E-state index contributed by atoms with van der Waals surface area (Å²) in [6.45, 7) is 4.34. The van der Waals surface area contributed by atoms with Crippen LogP contribution in [-0.2, 0) is 22.6 Å². The molecule has 1 aromatic rings. The van der Waals surface area contributed by atoms with Crippen molar-refractivity contribution in [1.82, 2.24) is 9.80 Å². The molecule has 0 spiro atoms. The van der Waals surface area contributed by atoms with Crippen molar-refractivity contribution in [1.29, 1.82) is 0 Å². The fourth-order valence-corrected chi connectivity index (χ4v) is 6.95. The first-order valence-electron chi connectivity index (χ1n) is 13.6. The number of aliphatic hydroxyl groups excluding tert-OH is 2. The summed E-state index contributed by atoms with van der Waals surface area (Å²) in [5.74, 6) is -5.55. The van der Waals surface area contributed by atoms with Crippen LogP contribution in [0, 0.1) is 17.8 Å². The van der Waals surface area contributed by atoms with Gasteiger partial charge in [-0.1, -0.05) is 6.92 Å². The van der Waals surface area contributed by atoms with Gasteiger partial charge in [0.15, 0.2) is 11.4 Å². The van der Waals surface area contributed by atoms with Crippen LogP contribution in [0.15, 0.2) is 28.7 Å². The minimum absolute atomic E-state index is 0.0304. The second-order valence-corrected chi connectivity index (χ2v) is 11.7. The summed E-state index contributed by atoms with van der Waals surface area (Å²) in [4.78, 5) is 43.2. The third-order valence-corrected chi connectivity index (χ3v) is 9.01. The molecule has 1 aromatic carbocycles. The van der Waals surface area contributed by atoms with E-state index >= 15 is 0 Å². The molecule has 0 bridgehead atoms. The van der Waals surface area contributed by atoms with Crippen molar-refractivity contribution in [3.63, 3.8) is 0 Å². The van der Waals surface area contributed by atoms with Crippen LogP contribution in [0.1, 0.15) is 47.7 Å². The fraction of sp³-hybridized carbons (Fsp3) is 0.552. The summed E-state index contributed by atoms with van der Waals surface area (Å²) >= 11 is 0. The standard InChI is InChI=1S/C29H37N3O8/c1-5-32(11-13-6-7-13)12-15-10-18(33)20-16(25(15)40-4)8-14-9-17-22(31(2)3)24(35)21(28(30)38)27(37)29(17,39)26(36)19(14)23(20)34/h10,13-14,17,22,33,35-36,39H,5-9,11-12H2,1-4H3,(H2,30,38)/t14-,17-,22-,29-/m0/s1. The molecule has 0 radical (unpaired) electrons. The SMILES string of the molecule is CCN(Cc1cc(O)c2c(c1OC)C[C@H]1C[C@H]3[C@H](N(C)C)C(O)=C(C(N)=O)C(=O)[C@@]3(O)C(O)=C1C2=O)CC1CC1. The van der Waals surface area contributed by atoms with Gasteiger partial charge in [-0.25, -0.2) is 0 Å². The predicted octanol–water partition coefficient (Wildman–Crippen LogP) is 1.36. The smallest absolute Gasteiger partial charge is 0.255 e. The van der Waals surface area contributed by atoms with Gasteiger partial charge in [-0.3, -0.25) is 24.2 Å². The number of amides is 1. The van der Waals surface area contributed by atoms with E-state index in [1.807, 2.05) is 0 Å². The van der Waals surface area contributed by atoms with Crippen molar-refractivity contribution in [3.05, 3.63) is 45.4 Å². The Morgan fingerprint density at radius 2 is 1.88 bits per heavy atom. The normalized spacial score (nSPS) is 28.1. The highest BCUT2D eigenvalue weighted by atomic mass is 16.5. The van der Waals surface area contributed by atoms with Gasteiger partial charge >= 0.3 is 0 Å². The maximum absolute atomic E-state index is 13.9. The first-order chi connectivity index (χ1) is 18.9. The molecule has 0 aromatic heterocycles. The van der Waals surface area contributed by atoms with Crippen LogP contribution in [-0.4, -0.2) is 93.6 Å². The molecule has 4 atom stereocenters. The van der Waals surface area contributed by atoms with Gasteiger partial charge in [0.2, 0.25) is 5.78 Å². The average Bonchev–Trinajstić information content (AvgIpc) is 3.69. The number of likely N-dealkylation sites (N-methyl/N-ethyl adjacent to an activating group) is 1. The number of hydrogen-bond acceptors (Lipinski definition) is 10. The average molecular weight is 556 g/mol. The van der Waals surface area contributed by atoms with Crippen LogP contribution in [0.25, 0.3) is 0 Å². The fourth-order valence-electron chi connectivity index (χ4n) is 6.95. The summed E-state index contributed by atoms with van der Waals surface area (Å²) in [7, 11) is 4.71. The monoisotopic (exact) mass is 555 g/mol. The summed E-state index contributed by atoms with van der Waals surface area (Å²) in [6.07, 6.45) is 2.62. The largest absolute Gasteiger partial charge is 0.510 e. The Balaban J connectivity index is 1.63. The maximum atomic E-state index is 13.9. The number of Topliss-reactive ketones (excluding diaryl/α,β-unsaturated/α-hetero) is 2. The number of fused-ring (bicyclic) bond motifs is 3. The second-order valence-electron chi connectivity index (χ2n) is 11.7. The van der Waals surface area contributed by atoms with Crippen molar-refractivity contribution < 1.29 is 39.5 Å². The van der Waals surface area contributed by atoms with Crippen molar-refractivity contribution in [3.8, 4) is 11.5 Å². The Hall–Kier alpha value is -3.41. The number of aliphatic hydroxyl groups is 3. The van der Waals surface area contributed by atoms with Crippen molar-refractivity contribution in [2.45, 2.75) is 50.8 Å². The zero-order valence-electron chi connectivity index (χ0n) is 23.2. The van der Waals surface area contributed by atoms with E-state index in [-0.39, 0.29) is 29.7 Å². The molecule has 1 fully saturated rings. The number of phenolic OH excluding ortho intramolecular Hbond substituents is 1. The zero-order valence-corrected chi connectivity index (χ0v) is 23.2. The van der Waals surface area contributed by atoms with E-state index in [0.29, 0.717) is 23.8 Å². The Labute approximate surface area is 232 Å². The minimum Gasteiger partial charge on any atom is -0.510 e. The molecular formula is C29H37N3O8. The number of methoxy groups -OCH3 is 1. The molecule has 5 rings (SSSR count). The molecule has 1 amide bonds. The minimum atomic E-state index is -2.66. The molecule has 40 heavy (non-hydrogen) atoms. The number of carbonyl (C=O) groups excluding carboxylic acids is 3. The molecule has 4 aliphatic rings. The molecule has 11 nitrogen and oxygen atoms in total. The summed E-state index contributed by atoms with van der Waals surface area (Å²) in [6, 6.07) is 0.469. The van der Waals surface area contributed by atoms with E-state index in [2.05, 4.69) is 11.8 Å². The first-order valence-corrected chi connectivity index (χ1v) is 13.6. The van der Waals surface area contributed by atoms with Gasteiger partial charge in [-0.2, -0.15) is 0 Å². The number of carbonyl (C=O) groups is 3. The Kier molecular flexibility index (Phi) is 6.96. The molecule has 0 saturated heterocycles. The summed E-state index contributed by atoms with van der Waals surface area (Å²) in [5, 5.41) is 45.1. The van der Waals surface area contributed by atoms with Crippen LogP contribution in [0.4, 0.5) is 0 Å². The molecule has 0 aliphatic heterocycles. The molecular weight excluding hydrogens is 518 g/mol. The number of rotatable bonds is 8. The Bertz CT molecular complexity index is 1360. The molecule has 1 saturated carbocycles. The number of nitrogens with zero attached hydrogens (tertiary/aromatic N) is 2. The summed E-state index contributed by atoms with van der Waals surface area (Å²) in [5.41, 5.74) is 2.90. The predicted molar refractivity (Wildman–Crippen MR) is 144 cm³/mol. The Morgan fingerprint density at radius 1 is 1.20 bits per heavy atom. The number of ether oxygens (including phenoxy) is 1. The van der Waals surface area contributed by atoms with Crippen LogP contribution in [0.5, 0.6) is 11.5 Å². The van der Waals surface area contributed by atoms with E-state index in [1.165, 1.54) is 30.9 Å². The van der Waals surface area contributed by atoms with E-state index in [0.717, 1.165) is 18.7 Å². The Morgan fingerprint density at radius 3 is 2.42 bits per heavy atom. The van der Waals surface area contributed by atoms with Gasteiger partial charge in [0.05, 0.1) is 18.7 Å². The lowest BCUT2D eigenvalue weighted by molar-refractivity contribution is -0.148. The topological polar surface area (TPSA) is 174 Å².